The second kappa shape index (κ2) is 10.7. The maximum Gasteiger partial charge on any atom is 0.213 e. The normalized spacial score (nSPS) is 19.9. The van der Waals surface area contributed by atoms with E-state index < -0.39 is 0 Å². The number of aliphatic hydroxyl groups is 1. The zero-order valence-electron chi connectivity index (χ0n) is 19.7. The fourth-order valence-corrected chi connectivity index (χ4v) is 4.83. The molecule has 2 aliphatic heterocycles. The SMILES string of the molecule is COc1ccc2ncc(F)c(CCN3C[C@@H](CO)[C@@H](CNCc4cc5c(cn4)OCCO5)C3)c2n1. The van der Waals surface area contributed by atoms with Crippen molar-refractivity contribution in [3.05, 3.63) is 47.7 Å². The molecule has 3 aromatic heterocycles. The van der Waals surface area contributed by atoms with E-state index in [9.17, 15) is 9.50 Å². The minimum atomic E-state index is -0.360. The third kappa shape index (κ3) is 5.29. The molecule has 186 valence electrons. The molecule has 0 aliphatic carbocycles. The molecule has 0 spiro atoms. The minimum absolute atomic E-state index is 0.121. The molecular formula is C25H30FN5O4. The van der Waals surface area contributed by atoms with Gasteiger partial charge >= 0.3 is 0 Å². The number of hydrogen-bond acceptors (Lipinski definition) is 9. The molecule has 5 heterocycles. The van der Waals surface area contributed by atoms with Crippen molar-refractivity contribution in [2.24, 2.45) is 11.8 Å². The summed E-state index contributed by atoms with van der Waals surface area (Å²) in [6, 6.07) is 5.42. The third-order valence-corrected chi connectivity index (χ3v) is 6.71. The summed E-state index contributed by atoms with van der Waals surface area (Å²) in [5.74, 6) is 1.93. The predicted octanol–water partition coefficient (Wildman–Crippen LogP) is 1.82. The molecule has 1 fully saturated rings. The Hall–Kier alpha value is -3.08. The topological polar surface area (TPSA) is 102 Å². The Bertz CT molecular complexity index is 1180. The van der Waals surface area contributed by atoms with E-state index in [2.05, 4.69) is 25.2 Å². The first-order valence-corrected chi connectivity index (χ1v) is 11.9. The number of aromatic nitrogens is 3. The lowest BCUT2D eigenvalue weighted by molar-refractivity contribution is 0.170. The van der Waals surface area contributed by atoms with E-state index in [4.69, 9.17) is 14.2 Å². The lowest BCUT2D eigenvalue weighted by Gasteiger charge is -2.19. The molecule has 0 saturated carbocycles. The Balaban J connectivity index is 1.18. The van der Waals surface area contributed by atoms with Gasteiger partial charge in [-0.1, -0.05) is 0 Å². The van der Waals surface area contributed by atoms with Crippen LogP contribution in [0.5, 0.6) is 17.4 Å². The van der Waals surface area contributed by atoms with E-state index in [1.807, 2.05) is 6.07 Å². The highest BCUT2D eigenvalue weighted by Crippen LogP contribution is 2.29. The second-order valence-electron chi connectivity index (χ2n) is 8.97. The van der Waals surface area contributed by atoms with Crippen LogP contribution >= 0.6 is 0 Å². The summed E-state index contributed by atoms with van der Waals surface area (Å²) < 4.78 is 31.0. The van der Waals surface area contributed by atoms with Crippen molar-refractivity contribution in [2.75, 3.05) is 53.1 Å². The lowest BCUT2D eigenvalue weighted by atomic mass is 9.97. The van der Waals surface area contributed by atoms with Crippen LogP contribution < -0.4 is 19.5 Å². The van der Waals surface area contributed by atoms with Gasteiger partial charge in [-0.25, -0.2) is 9.37 Å². The summed E-state index contributed by atoms with van der Waals surface area (Å²) in [6.45, 7) is 4.84. The molecule has 0 aromatic carbocycles. The summed E-state index contributed by atoms with van der Waals surface area (Å²) >= 11 is 0. The van der Waals surface area contributed by atoms with Crippen LogP contribution in [0.25, 0.3) is 11.0 Å². The highest BCUT2D eigenvalue weighted by atomic mass is 19.1. The number of nitrogens with zero attached hydrogens (tertiary/aromatic N) is 4. The number of hydrogen-bond donors (Lipinski definition) is 2. The number of pyridine rings is 3. The smallest absolute Gasteiger partial charge is 0.213 e. The molecule has 5 rings (SSSR count). The highest BCUT2D eigenvalue weighted by molar-refractivity contribution is 5.78. The molecule has 0 amide bonds. The van der Waals surface area contributed by atoms with E-state index >= 15 is 0 Å². The van der Waals surface area contributed by atoms with Gasteiger partial charge in [-0.2, -0.15) is 0 Å². The first-order valence-electron chi connectivity index (χ1n) is 11.9. The van der Waals surface area contributed by atoms with E-state index in [0.29, 0.717) is 61.0 Å². The molecular weight excluding hydrogens is 453 g/mol. The molecule has 1 saturated heterocycles. The fourth-order valence-electron chi connectivity index (χ4n) is 4.83. The average molecular weight is 484 g/mol. The summed E-state index contributed by atoms with van der Waals surface area (Å²) in [7, 11) is 1.54. The molecule has 2 N–H and O–H groups in total. The van der Waals surface area contributed by atoms with E-state index in [0.717, 1.165) is 31.1 Å². The van der Waals surface area contributed by atoms with Crippen LogP contribution in [-0.4, -0.2) is 78.1 Å². The van der Waals surface area contributed by atoms with E-state index in [-0.39, 0.29) is 24.3 Å². The average Bonchev–Trinajstić information content (AvgIpc) is 3.29. The quantitative estimate of drug-likeness (QED) is 0.472. The van der Waals surface area contributed by atoms with Crippen LogP contribution in [0.2, 0.25) is 0 Å². The van der Waals surface area contributed by atoms with Gasteiger partial charge in [-0.3, -0.25) is 9.97 Å². The number of aliphatic hydroxyl groups excluding tert-OH is 1. The van der Waals surface area contributed by atoms with Crippen LogP contribution in [0.4, 0.5) is 4.39 Å². The van der Waals surface area contributed by atoms with E-state index in [1.54, 1.807) is 18.3 Å². The van der Waals surface area contributed by atoms with Gasteiger partial charge in [0.05, 0.1) is 36.2 Å². The summed E-state index contributed by atoms with van der Waals surface area (Å²) in [5.41, 5.74) is 2.60. The summed E-state index contributed by atoms with van der Waals surface area (Å²) in [5, 5.41) is 13.4. The molecule has 10 heteroatoms. The molecule has 0 unspecified atom stereocenters. The maximum absolute atomic E-state index is 14.6. The lowest BCUT2D eigenvalue weighted by Crippen LogP contribution is -2.29. The Morgan fingerprint density at radius 3 is 2.80 bits per heavy atom. The second-order valence-corrected chi connectivity index (χ2v) is 8.97. The molecule has 0 radical (unpaired) electrons. The number of methoxy groups -OCH3 is 1. The standard InChI is InChI=1S/C25H30FN5O4/c1-33-24-3-2-21-25(30-24)19(20(26)11-29-21)4-5-31-13-16(17(14-31)15-32)9-27-10-18-8-22-23(12-28-18)35-7-6-34-22/h2-3,8,11-12,16-17,27,32H,4-7,9-10,13-15H2,1H3/t16-,17-/m0/s1. The molecule has 35 heavy (non-hydrogen) atoms. The Morgan fingerprint density at radius 2 is 1.97 bits per heavy atom. The number of rotatable bonds is 9. The van der Waals surface area contributed by atoms with Crippen molar-refractivity contribution in [1.29, 1.82) is 0 Å². The Morgan fingerprint density at radius 1 is 1.14 bits per heavy atom. The fraction of sp³-hybridized carbons (Fsp3) is 0.480. The van der Waals surface area contributed by atoms with Gasteiger partial charge in [0.1, 0.15) is 19.0 Å². The van der Waals surface area contributed by atoms with Gasteiger partial charge in [0, 0.05) is 50.5 Å². The number of halogens is 1. The van der Waals surface area contributed by atoms with Crippen LogP contribution in [0.15, 0.2) is 30.6 Å². The van der Waals surface area contributed by atoms with Gasteiger partial charge in [-0.05, 0) is 30.9 Å². The van der Waals surface area contributed by atoms with Crippen LogP contribution in [0.1, 0.15) is 11.3 Å². The van der Waals surface area contributed by atoms with Crippen molar-refractivity contribution in [3.8, 4) is 17.4 Å². The first kappa shape index (κ1) is 23.7. The van der Waals surface area contributed by atoms with Crippen LogP contribution in [-0.2, 0) is 13.0 Å². The van der Waals surface area contributed by atoms with Crippen molar-refractivity contribution in [3.63, 3.8) is 0 Å². The maximum atomic E-state index is 14.6. The number of nitrogens with one attached hydrogen (secondary N) is 1. The zero-order valence-corrected chi connectivity index (χ0v) is 19.7. The third-order valence-electron chi connectivity index (χ3n) is 6.71. The van der Waals surface area contributed by atoms with E-state index in [1.165, 1.54) is 13.3 Å². The molecule has 3 aromatic rings. The predicted molar refractivity (Wildman–Crippen MR) is 127 cm³/mol. The summed E-state index contributed by atoms with van der Waals surface area (Å²) in [4.78, 5) is 15.3. The number of fused-ring (bicyclic) bond motifs is 2. The molecule has 0 bridgehead atoms. The number of ether oxygens (including phenoxy) is 3. The monoisotopic (exact) mass is 483 g/mol. The van der Waals surface area contributed by atoms with Gasteiger partial charge in [-0.15, -0.1) is 0 Å². The first-order chi connectivity index (χ1) is 17.1. The Kier molecular flexibility index (Phi) is 7.21. The largest absolute Gasteiger partial charge is 0.486 e. The van der Waals surface area contributed by atoms with Gasteiger partial charge in [0.25, 0.3) is 0 Å². The summed E-state index contributed by atoms with van der Waals surface area (Å²) in [6.07, 6.45) is 3.46. The van der Waals surface area contributed by atoms with Crippen molar-refractivity contribution in [2.45, 2.75) is 13.0 Å². The van der Waals surface area contributed by atoms with Gasteiger partial charge < -0.3 is 29.5 Å². The highest BCUT2D eigenvalue weighted by Gasteiger charge is 2.32. The number of likely N-dealkylation sites (tertiary alicyclic amines) is 1. The van der Waals surface area contributed by atoms with Crippen LogP contribution in [0.3, 0.4) is 0 Å². The van der Waals surface area contributed by atoms with Crippen molar-refractivity contribution in [1.82, 2.24) is 25.2 Å². The molecule has 9 nitrogen and oxygen atoms in total. The zero-order chi connectivity index (χ0) is 24.2. The molecule has 2 atom stereocenters. The van der Waals surface area contributed by atoms with Gasteiger partial charge in [0.15, 0.2) is 11.5 Å². The minimum Gasteiger partial charge on any atom is -0.486 e. The van der Waals surface area contributed by atoms with Crippen molar-refractivity contribution >= 4 is 11.0 Å². The van der Waals surface area contributed by atoms with Gasteiger partial charge in [0.2, 0.25) is 5.88 Å². The van der Waals surface area contributed by atoms with Crippen LogP contribution in [0, 0.1) is 17.7 Å². The molecule has 2 aliphatic rings. The Labute approximate surface area is 203 Å². The van der Waals surface area contributed by atoms with Crippen molar-refractivity contribution < 1.29 is 23.7 Å².